The summed E-state index contributed by atoms with van der Waals surface area (Å²) in [5.41, 5.74) is 1.17. The van der Waals surface area contributed by atoms with Crippen LogP contribution >= 0.6 is 0 Å². The molecule has 1 rings (SSSR count). The second-order valence-corrected chi connectivity index (χ2v) is 7.88. The molecule has 0 spiro atoms. The van der Waals surface area contributed by atoms with E-state index >= 15 is 0 Å². The molecule has 1 unspecified atom stereocenters. The highest BCUT2D eigenvalue weighted by Gasteiger charge is 2.18. The van der Waals surface area contributed by atoms with Crippen molar-refractivity contribution in [3.63, 3.8) is 0 Å². The van der Waals surface area contributed by atoms with Gasteiger partial charge in [-0.05, 0) is 43.9 Å². The van der Waals surface area contributed by atoms with Crippen molar-refractivity contribution in [2.45, 2.75) is 77.2 Å². The zero-order valence-electron chi connectivity index (χ0n) is 15.0. The van der Waals surface area contributed by atoms with Gasteiger partial charge in [-0.1, -0.05) is 64.2 Å². The number of aliphatic hydroxyl groups excluding tert-OH is 1. The molecule has 0 heterocycles. The monoisotopic (exact) mass is 336 g/mol. The molecule has 2 nitrogen and oxygen atoms in total. The maximum Gasteiger partial charge on any atom is 0.0808 e. The summed E-state index contributed by atoms with van der Waals surface area (Å²) >= 11 is 0. The van der Waals surface area contributed by atoms with Crippen LogP contribution in [0.1, 0.15) is 64.9 Å². The summed E-state index contributed by atoms with van der Waals surface area (Å²) < 4.78 is 13.0. The first-order valence-corrected chi connectivity index (χ1v) is 10.0. The SMILES string of the molecule is CCCC[C@H](O)/C=C(/[C@H](C)CCCC)S(=O)c1ccc(C)cc1. The van der Waals surface area contributed by atoms with Crippen LogP contribution in [0.4, 0.5) is 0 Å². The summed E-state index contributed by atoms with van der Waals surface area (Å²) in [5.74, 6) is 0.230. The molecule has 0 fully saturated rings. The predicted octanol–water partition coefficient (Wildman–Crippen LogP) is 5.36. The molecule has 1 aromatic rings. The Balaban J connectivity index is 2.99. The molecule has 0 aliphatic rings. The molecule has 0 aromatic heterocycles. The fourth-order valence-corrected chi connectivity index (χ4v) is 3.96. The molecule has 0 amide bonds. The number of benzene rings is 1. The van der Waals surface area contributed by atoms with E-state index in [0.29, 0.717) is 0 Å². The number of aryl methyl sites for hydroxylation is 1. The molecule has 0 bridgehead atoms. The van der Waals surface area contributed by atoms with Gasteiger partial charge in [0.15, 0.2) is 0 Å². The lowest BCUT2D eigenvalue weighted by Crippen LogP contribution is -2.12. The highest BCUT2D eigenvalue weighted by Crippen LogP contribution is 2.26. The third kappa shape index (κ3) is 7.01. The lowest BCUT2D eigenvalue weighted by molar-refractivity contribution is 0.208. The van der Waals surface area contributed by atoms with Crippen LogP contribution < -0.4 is 0 Å². The second kappa shape index (κ2) is 10.8. The summed E-state index contributed by atoms with van der Waals surface area (Å²) in [6, 6.07) is 7.86. The van der Waals surface area contributed by atoms with E-state index in [1.807, 2.05) is 37.3 Å². The van der Waals surface area contributed by atoms with Crippen molar-refractivity contribution < 1.29 is 9.32 Å². The number of unbranched alkanes of at least 4 members (excludes halogenated alkanes) is 2. The van der Waals surface area contributed by atoms with E-state index in [9.17, 15) is 9.32 Å². The Morgan fingerprint density at radius 2 is 1.70 bits per heavy atom. The Bertz CT molecular complexity index is 505. The summed E-state index contributed by atoms with van der Waals surface area (Å²) in [7, 11) is -1.19. The van der Waals surface area contributed by atoms with E-state index in [1.54, 1.807) is 0 Å². The second-order valence-electron chi connectivity index (χ2n) is 6.40. The van der Waals surface area contributed by atoms with E-state index in [0.717, 1.165) is 48.3 Å². The summed E-state index contributed by atoms with van der Waals surface area (Å²) in [6.07, 6.45) is 7.42. The fraction of sp³-hybridized carbons (Fsp3) is 0.600. The zero-order chi connectivity index (χ0) is 17.2. The van der Waals surface area contributed by atoms with Gasteiger partial charge in [-0.3, -0.25) is 0 Å². The molecule has 1 aromatic carbocycles. The average molecular weight is 337 g/mol. The van der Waals surface area contributed by atoms with Crippen molar-refractivity contribution in [3.8, 4) is 0 Å². The van der Waals surface area contributed by atoms with E-state index in [2.05, 4.69) is 20.8 Å². The van der Waals surface area contributed by atoms with Gasteiger partial charge in [-0.15, -0.1) is 0 Å². The van der Waals surface area contributed by atoms with Gasteiger partial charge in [-0.2, -0.15) is 0 Å². The normalized spacial score (nSPS) is 16.1. The summed E-state index contributed by atoms with van der Waals surface area (Å²) in [4.78, 5) is 1.71. The topological polar surface area (TPSA) is 37.3 Å². The maximum absolute atomic E-state index is 13.0. The first-order valence-electron chi connectivity index (χ1n) is 8.87. The maximum atomic E-state index is 13.0. The highest BCUT2D eigenvalue weighted by atomic mass is 32.2. The number of hydrogen-bond acceptors (Lipinski definition) is 2. The van der Waals surface area contributed by atoms with E-state index in [-0.39, 0.29) is 5.92 Å². The first kappa shape index (κ1) is 20.1. The minimum atomic E-state index is -1.19. The molecule has 3 heteroatoms. The van der Waals surface area contributed by atoms with Crippen LogP contribution in [-0.2, 0) is 10.8 Å². The van der Waals surface area contributed by atoms with Crippen LogP contribution in [0.5, 0.6) is 0 Å². The third-order valence-electron chi connectivity index (χ3n) is 4.14. The van der Waals surface area contributed by atoms with Crippen molar-refractivity contribution >= 4 is 10.8 Å². The van der Waals surface area contributed by atoms with Gasteiger partial charge in [0.2, 0.25) is 0 Å². The standard InChI is InChI=1S/C20H32O2S/c1-5-7-9-17(4)20(15-18(21)10-8-6-2)23(22)19-13-11-16(3)12-14-19/h11-15,17-18,21H,5-10H2,1-4H3/b20-15-/t17-,18+,23?/m1/s1. The van der Waals surface area contributed by atoms with Crippen LogP contribution in [0.15, 0.2) is 40.1 Å². The van der Waals surface area contributed by atoms with Crippen molar-refractivity contribution in [1.82, 2.24) is 0 Å². The number of aliphatic hydroxyl groups is 1. The summed E-state index contributed by atoms with van der Waals surface area (Å²) in [6.45, 7) is 8.44. The smallest absolute Gasteiger partial charge is 0.0808 e. The molecule has 0 radical (unpaired) electrons. The predicted molar refractivity (Wildman–Crippen MR) is 99.9 cm³/mol. The number of rotatable bonds is 10. The van der Waals surface area contributed by atoms with Gasteiger partial charge in [0, 0.05) is 9.80 Å². The molecular weight excluding hydrogens is 304 g/mol. The van der Waals surface area contributed by atoms with Crippen LogP contribution in [0.25, 0.3) is 0 Å². The Morgan fingerprint density at radius 3 is 2.26 bits per heavy atom. The molecule has 0 saturated heterocycles. The fourth-order valence-electron chi connectivity index (χ4n) is 2.55. The highest BCUT2D eigenvalue weighted by molar-refractivity contribution is 7.89. The minimum absolute atomic E-state index is 0.230. The van der Waals surface area contributed by atoms with Gasteiger partial charge in [0.05, 0.1) is 16.9 Å². The lowest BCUT2D eigenvalue weighted by atomic mass is 10.0. The quantitative estimate of drug-likeness (QED) is 0.624. The molecule has 0 aliphatic heterocycles. The molecule has 0 saturated carbocycles. The third-order valence-corrected chi connectivity index (χ3v) is 5.80. The Morgan fingerprint density at radius 1 is 1.13 bits per heavy atom. The van der Waals surface area contributed by atoms with Crippen molar-refractivity contribution in [3.05, 3.63) is 40.8 Å². The van der Waals surface area contributed by atoms with Gasteiger partial charge >= 0.3 is 0 Å². The Kier molecular flexibility index (Phi) is 9.42. The Labute approximate surface area is 144 Å². The van der Waals surface area contributed by atoms with Crippen molar-refractivity contribution in [1.29, 1.82) is 0 Å². The average Bonchev–Trinajstić information content (AvgIpc) is 2.55. The molecule has 1 N–H and O–H groups in total. The lowest BCUT2D eigenvalue weighted by Gasteiger charge is -2.18. The molecule has 3 atom stereocenters. The van der Waals surface area contributed by atoms with E-state index in [1.165, 1.54) is 5.56 Å². The zero-order valence-corrected chi connectivity index (χ0v) is 15.9. The van der Waals surface area contributed by atoms with Gasteiger partial charge in [-0.25, -0.2) is 4.21 Å². The van der Waals surface area contributed by atoms with E-state index in [4.69, 9.17) is 0 Å². The van der Waals surface area contributed by atoms with Gasteiger partial charge < -0.3 is 5.11 Å². The molecule has 130 valence electrons. The molecule has 0 aliphatic carbocycles. The molecule has 23 heavy (non-hydrogen) atoms. The first-order chi connectivity index (χ1) is 11.0. The number of hydrogen-bond donors (Lipinski definition) is 1. The van der Waals surface area contributed by atoms with Crippen LogP contribution in [0.3, 0.4) is 0 Å². The largest absolute Gasteiger partial charge is 0.389 e. The van der Waals surface area contributed by atoms with Crippen LogP contribution in [-0.4, -0.2) is 15.4 Å². The minimum Gasteiger partial charge on any atom is -0.389 e. The van der Waals surface area contributed by atoms with Gasteiger partial charge in [0.25, 0.3) is 0 Å². The van der Waals surface area contributed by atoms with Crippen molar-refractivity contribution in [2.75, 3.05) is 0 Å². The molecular formula is C20H32O2S. The van der Waals surface area contributed by atoms with Crippen LogP contribution in [0.2, 0.25) is 0 Å². The van der Waals surface area contributed by atoms with Gasteiger partial charge in [0.1, 0.15) is 0 Å². The van der Waals surface area contributed by atoms with Crippen LogP contribution in [0, 0.1) is 12.8 Å². The number of allylic oxidation sites excluding steroid dienone is 1. The summed E-state index contributed by atoms with van der Waals surface area (Å²) in [5, 5.41) is 10.3. The van der Waals surface area contributed by atoms with E-state index < -0.39 is 16.9 Å². The Hall–Kier alpha value is -0.930. The van der Waals surface area contributed by atoms with Crippen molar-refractivity contribution in [2.24, 2.45) is 5.92 Å².